The lowest BCUT2D eigenvalue weighted by atomic mass is 10.1. The van der Waals surface area contributed by atoms with Crippen molar-refractivity contribution < 1.29 is 9.72 Å². The largest absolute Gasteiger partial charge is 0.309 e. The van der Waals surface area contributed by atoms with Crippen molar-refractivity contribution in [1.29, 1.82) is 0 Å². The number of hydrogen-bond acceptors (Lipinski definition) is 3. The van der Waals surface area contributed by atoms with Crippen LogP contribution in [-0.4, -0.2) is 16.9 Å². The van der Waals surface area contributed by atoms with Gasteiger partial charge in [-0.25, -0.2) is 0 Å². The summed E-state index contributed by atoms with van der Waals surface area (Å²) in [4.78, 5) is 23.6. The Morgan fingerprint density at radius 1 is 1.41 bits per heavy atom. The van der Waals surface area contributed by atoms with Crippen LogP contribution in [0.3, 0.4) is 0 Å². The monoisotopic (exact) mass is 234 g/mol. The highest BCUT2D eigenvalue weighted by atomic mass is 16.6. The first-order valence-electron chi connectivity index (χ1n) is 5.70. The fraction of sp³-hybridized carbons (Fsp3) is 0.417. The number of amides is 1. The number of carbonyl (C=O) groups is 1. The Morgan fingerprint density at radius 3 is 2.59 bits per heavy atom. The van der Waals surface area contributed by atoms with Crippen LogP contribution in [0.15, 0.2) is 24.3 Å². The third kappa shape index (κ3) is 2.13. The number of nitro benzene ring substituents is 1. The molecule has 1 saturated heterocycles. The molecule has 1 fully saturated rings. The van der Waals surface area contributed by atoms with Crippen LogP contribution < -0.4 is 4.90 Å². The normalized spacial score (nSPS) is 19.7. The van der Waals surface area contributed by atoms with E-state index in [1.54, 1.807) is 17.0 Å². The Hall–Kier alpha value is -1.91. The van der Waals surface area contributed by atoms with Gasteiger partial charge in [0.15, 0.2) is 0 Å². The SMILES string of the molecule is CCC1CCC(=O)N1c1ccc([N+](=O)[O-])cc1. The molecule has 1 aliphatic rings. The van der Waals surface area contributed by atoms with Crippen LogP contribution in [0.2, 0.25) is 0 Å². The number of rotatable bonds is 3. The summed E-state index contributed by atoms with van der Waals surface area (Å²) in [5.74, 6) is 0.103. The molecule has 0 aromatic heterocycles. The van der Waals surface area contributed by atoms with Crippen LogP contribution >= 0.6 is 0 Å². The lowest BCUT2D eigenvalue weighted by molar-refractivity contribution is -0.384. The summed E-state index contributed by atoms with van der Waals surface area (Å²) in [5.41, 5.74) is 0.804. The number of carbonyl (C=O) groups excluding carboxylic acids is 1. The molecule has 17 heavy (non-hydrogen) atoms. The summed E-state index contributed by atoms with van der Waals surface area (Å²) in [6, 6.07) is 6.39. The molecule has 5 nitrogen and oxygen atoms in total. The summed E-state index contributed by atoms with van der Waals surface area (Å²) in [6.07, 6.45) is 2.34. The molecule has 0 spiro atoms. The molecule has 2 rings (SSSR count). The van der Waals surface area contributed by atoms with Gasteiger partial charge in [-0.05, 0) is 25.0 Å². The zero-order valence-electron chi connectivity index (χ0n) is 9.63. The van der Waals surface area contributed by atoms with E-state index in [0.29, 0.717) is 6.42 Å². The zero-order chi connectivity index (χ0) is 12.4. The average molecular weight is 234 g/mol. The first kappa shape index (κ1) is 11.6. The van der Waals surface area contributed by atoms with Crippen molar-refractivity contribution in [3.63, 3.8) is 0 Å². The van der Waals surface area contributed by atoms with Crippen LogP contribution in [0.4, 0.5) is 11.4 Å². The molecule has 0 saturated carbocycles. The van der Waals surface area contributed by atoms with Gasteiger partial charge in [0.2, 0.25) is 5.91 Å². The average Bonchev–Trinajstić information content (AvgIpc) is 2.70. The van der Waals surface area contributed by atoms with E-state index in [1.807, 2.05) is 6.92 Å². The van der Waals surface area contributed by atoms with Crippen LogP contribution in [0.1, 0.15) is 26.2 Å². The maximum Gasteiger partial charge on any atom is 0.269 e. The van der Waals surface area contributed by atoms with Gasteiger partial charge < -0.3 is 4.90 Å². The predicted octanol–water partition coefficient (Wildman–Crippen LogP) is 2.50. The number of hydrogen-bond donors (Lipinski definition) is 0. The Balaban J connectivity index is 2.27. The molecule has 0 radical (unpaired) electrons. The second kappa shape index (κ2) is 4.53. The standard InChI is InChI=1S/C12H14N2O3/c1-2-9-7-8-12(15)13(9)10-3-5-11(6-4-10)14(16)17/h3-6,9H,2,7-8H2,1H3. The number of nitrogens with zero attached hydrogens (tertiary/aromatic N) is 2. The highest BCUT2D eigenvalue weighted by Gasteiger charge is 2.30. The molecule has 0 bridgehead atoms. The van der Waals surface area contributed by atoms with E-state index in [-0.39, 0.29) is 17.6 Å². The molecule has 1 heterocycles. The van der Waals surface area contributed by atoms with E-state index >= 15 is 0 Å². The van der Waals surface area contributed by atoms with Crippen molar-refractivity contribution >= 4 is 17.3 Å². The number of anilines is 1. The molecule has 1 amide bonds. The smallest absolute Gasteiger partial charge is 0.269 e. The molecule has 5 heteroatoms. The summed E-state index contributed by atoms with van der Waals surface area (Å²) >= 11 is 0. The van der Waals surface area contributed by atoms with Crippen molar-refractivity contribution in [2.75, 3.05) is 4.90 Å². The Labute approximate surface area is 99.2 Å². The fourth-order valence-corrected chi connectivity index (χ4v) is 2.22. The van der Waals surface area contributed by atoms with E-state index in [1.165, 1.54) is 12.1 Å². The van der Waals surface area contributed by atoms with Crippen molar-refractivity contribution in [3.05, 3.63) is 34.4 Å². The first-order chi connectivity index (χ1) is 8.13. The third-order valence-corrected chi connectivity index (χ3v) is 3.14. The number of nitro groups is 1. The Bertz CT molecular complexity index is 442. The van der Waals surface area contributed by atoms with E-state index in [9.17, 15) is 14.9 Å². The van der Waals surface area contributed by atoms with Crippen molar-refractivity contribution in [1.82, 2.24) is 0 Å². The topological polar surface area (TPSA) is 63.5 Å². The van der Waals surface area contributed by atoms with Crippen molar-refractivity contribution in [2.24, 2.45) is 0 Å². The van der Waals surface area contributed by atoms with Crippen molar-refractivity contribution in [2.45, 2.75) is 32.2 Å². The summed E-state index contributed by atoms with van der Waals surface area (Å²) in [7, 11) is 0. The van der Waals surface area contributed by atoms with Crippen LogP contribution in [0.25, 0.3) is 0 Å². The van der Waals surface area contributed by atoms with Crippen molar-refractivity contribution in [3.8, 4) is 0 Å². The Kier molecular flexibility index (Phi) is 3.08. The lowest BCUT2D eigenvalue weighted by Crippen LogP contribution is -2.32. The van der Waals surface area contributed by atoms with Gasteiger partial charge in [0.25, 0.3) is 5.69 Å². The van der Waals surface area contributed by atoms with E-state index in [0.717, 1.165) is 18.5 Å². The molecule has 1 aliphatic heterocycles. The molecule has 0 N–H and O–H groups in total. The molecule has 90 valence electrons. The minimum atomic E-state index is -0.438. The van der Waals surface area contributed by atoms with Crippen LogP contribution in [-0.2, 0) is 4.79 Å². The molecule has 1 unspecified atom stereocenters. The molecular formula is C12H14N2O3. The van der Waals surface area contributed by atoms with Gasteiger partial charge in [-0.2, -0.15) is 0 Å². The maximum atomic E-state index is 11.8. The number of non-ortho nitro benzene ring substituents is 1. The summed E-state index contributed by atoms with van der Waals surface area (Å²) in [6.45, 7) is 2.04. The van der Waals surface area contributed by atoms with Crippen LogP contribution in [0, 0.1) is 10.1 Å². The van der Waals surface area contributed by atoms with E-state index < -0.39 is 4.92 Å². The quantitative estimate of drug-likeness (QED) is 0.596. The maximum absolute atomic E-state index is 11.8. The highest BCUT2D eigenvalue weighted by Crippen LogP contribution is 2.29. The van der Waals surface area contributed by atoms with Gasteiger partial charge in [0, 0.05) is 30.3 Å². The van der Waals surface area contributed by atoms with Gasteiger partial charge in [0.05, 0.1) is 4.92 Å². The molecule has 1 aromatic rings. The van der Waals surface area contributed by atoms with Gasteiger partial charge in [0.1, 0.15) is 0 Å². The summed E-state index contributed by atoms with van der Waals surface area (Å²) in [5, 5.41) is 10.5. The van der Waals surface area contributed by atoms with E-state index in [4.69, 9.17) is 0 Å². The fourth-order valence-electron chi connectivity index (χ4n) is 2.22. The highest BCUT2D eigenvalue weighted by molar-refractivity contribution is 5.96. The Morgan fingerprint density at radius 2 is 2.06 bits per heavy atom. The van der Waals surface area contributed by atoms with Gasteiger partial charge in [-0.15, -0.1) is 0 Å². The zero-order valence-corrected chi connectivity index (χ0v) is 9.63. The summed E-state index contributed by atoms with van der Waals surface area (Å²) < 4.78 is 0. The second-order valence-electron chi connectivity index (χ2n) is 4.14. The van der Waals surface area contributed by atoms with Gasteiger partial charge in [-0.1, -0.05) is 6.92 Å². The molecule has 1 aromatic carbocycles. The third-order valence-electron chi connectivity index (χ3n) is 3.14. The predicted molar refractivity (Wildman–Crippen MR) is 63.9 cm³/mol. The number of benzene rings is 1. The first-order valence-corrected chi connectivity index (χ1v) is 5.70. The molecular weight excluding hydrogens is 220 g/mol. The van der Waals surface area contributed by atoms with Crippen LogP contribution in [0.5, 0.6) is 0 Å². The van der Waals surface area contributed by atoms with Gasteiger partial charge >= 0.3 is 0 Å². The molecule has 1 atom stereocenters. The minimum Gasteiger partial charge on any atom is -0.309 e. The second-order valence-corrected chi connectivity index (χ2v) is 4.14. The van der Waals surface area contributed by atoms with Gasteiger partial charge in [-0.3, -0.25) is 14.9 Å². The minimum absolute atomic E-state index is 0.0495. The lowest BCUT2D eigenvalue weighted by Gasteiger charge is -2.23. The van der Waals surface area contributed by atoms with E-state index in [2.05, 4.69) is 0 Å². The molecule has 0 aliphatic carbocycles.